The highest BCUT2D eigenvalue weighted by atomic mass is 32.1. The maximum atomic E-state index is 13.6. The van der Waals surface area contributed by atoms with E-state index in [-0.39, 0.29) is 11.7 Å². The van der Waals surface area contributed by atoms with Crippen LogP contribution in [0.5, 0.6) is 5.75 Å². The van der Waals surface area contributed by atoms with E-state index >= 15 is 0 Å². The molecule has 2 aromatic rings. The molecule has 0 aliphatic heterocycles. The molecule has 1 aliphatic rings. The predicted molar refractivity (Wildman–Crippen MR) is 109 cm³/mol. The Kier molecular flexibility index (Phi) is 7.02. The van der Waals surface area contributed by atoms with Crippen molar-refractivity contribution in [3.05, 3.63) is 46.7 Å². The van der Waals surface area contributed by atoms with Crippen LogP contribution in [0, 0.1) is 0 Å². The van der Waals surface area contributed by atoms with Gasteiger partial charge in [0, 0.05) is 22.7 Å². The highest BCUT2D eigenvalue weighted by Crippen LogP contribution is 2.36. The average Bonchev–Trinajstić information content (AvgIpc) is 3.39. The van der Waals surface area contributed by atoms with Crippen molar-refractivity contribution in [2.24, 2.45) is 0 Å². The molecule has 1 fully saturated rings. The minimum atomic E-state index is -5.15. The van der Waals surface area contributed by atoms with Crippen molar-refractivity contribution in [2.45, 2.75) is 50.9 Å². The van der Waals surface area contributed by atoms with Crippen LogP contribution in [-0.4, -0.2) is 30.6 Å². The summed E-state index contributed by atoms with van der Waals surface area (Å²) >= 11 is 1.13. The van der Waals surface area contributed by atoms with Crippen LogP contribution in [0.25, 0.3) is 0 Å². The molecule has 0 bridgehead atoms. The molecule has 9 heteroatoms. The number of amides is 2. The van der Waals surface area contributed by atoms with Gasteiger partial charge in [-0.1, -0.05) is 25.0 Å². The average molecular weight is 440 g/mol. The lowest BCUT2D eigenvalue weighted by Gasteiger charge is -2.32. The fourth-order valence-corrected chi connectivity index (χ4v) is 4.39. The first kappa shape index (κ1) is 22.1. The summed E-state index contributed by atoms with van der Waals surface area (Å²) in [6, 6.07) is 7.47. The van der Waals surface area contributed by atoms with Gasteiger partial charge in [-0.3, -0.25) is 14.5 Å². The summed E-state index contributed by atoms with van der Waals surface area (Å²) in [6.45, 7) is 2.06. The molecule has 5 nitrogen and oxygen atoms in total. The topological polar surface area (TPSA) is 58.6 Å². The van der Waals surface area contributed by atoms with E-state index in [1.165, 1.54) is 18.2 Å². The third-order valence-corrected chi connectivity index (χ3v) is 5.81. The van der Waals surface area contributed by atoms with Gasteiger partial charge in [0.15, 0.2) is 6.04 Å². The van der Waals surface area contributed by atoms with Crippen LogP contribution in [0.1, 0.15) is 43.5 Å². The third-order valence-electron chi connectivity index (χ3n) is 4.89. The minimum absolute atomic E-state index is 0.0525. The summed E-state index contributed by atoms with van der Waals surface area (Å²) < 4.78 is 46.0. The van der Waals surface area contributed by atoms with Crippen LogP contribution < -0.4 is 15.0 Å². The molecule has 1 aromatic carbocycles. The molecule has 0 spiro atoms. The number of rotatable bonds is 7. The molecule has 1 N–H and O–H groups in total. The fraction of sp³-hybridized carbons (Fsp3) is 0.429. The van der Waals surface area contributed by atoms with Crippen LogP contribution >= 0.6 is 11.3 Å². The highest BCUT2D eigenvalue weighted by Gasteiger charge is 2.48. The first-order chi connectivity index (χ1) is 14.3. The Morgan fingerprint density at radius 3 is 2.57 bits per heavy atom. The van der Waals surface area contributed by atoms with E-state index in [9.17, 15) is 22.8 Å². The number of halogens is 3. The summed E-state index contributed by atoms with van der Waals surface area (Å²) in [5.41, 5.74) is -0.0525. The molecule has 0 saturated heterocycles. The van der Waals surface area contributed by atoms with E-state index < -0.39 is 24.0 Å². The minimum Gasteiger partial charge on any atom is -0.494 e. The second kappa shape index (κ2) is 9.51. The molecule has 3 rings (SSSR count). The van der Waals surface area contributed by atoms with Crippen molar-refractivity contribution < 1.29 is 27.5 Å². The quantitative estimate of drug-likeness (QED) is 0.670. The number of ether oxygens (including phenoxy) is 1. The molecule has 2 amide bonds. The number of thiophene rings is 1. The molecule has 1 atom stereocenters. The van der Waals surface area contributed by atoms with Crippen molar-refractivity contribution >= 4 is 28.8 Å². The third kappa shape index (κ3) is 5.13. The van der Waals surface area contributed by atoms with E-state index in [0.717, 1.165) is 37.0 Å². The van der Waals surface area contributed by atoms with Crippen LogP contribution in [0.4, 0.5) is 18.9 Å². The molecule has 162 valence electrons. The summed E-state index contributed by atoms with van der Waals surface area (Å²) in [5, 5.41) is 4.50. The van der Waals surface area contributed by atoms with E-state index in [0.29, 0.717) is 22.1 Å². The lowest BCUT2D eigenvalue weighted by molar-refractivity contribution is -0.171. The van der Waals surface area contributed by atoms with Gasteiger partial charge in [0.25, 0.3) is 0 Å². The van der Waals surface area contributed by atoms with E-state index in [4.69, 9.17) is 4.74 Å². The molecular formula is C21H23F3N2O3S. The Hall–Kier alpha value is -2.55. The van der Waals surface area contributed by atoms with Gasteiger partial charge >= 0.3 is 12.1 Å². The van der Waals surface area contributed by atoms with Crippen LogP contribution in [0.3, 0.4) is 0 Å². The number of benzene rings is 1. The Bertz CT molecular complexity index is 865. The van der Waals surface area contributed by atoms with Crippen molar-refractivity contribution in [1.29, 1.82) is 0 Å². The predicted octanol–water partition coefficient (Wildman–Crippen LogP) is 4.84. The number of carbonyl (C=O) groups excluding carboxylic acids is 2. The zero-order chi connectivity index (χ0) is 21.7. The highest BCUT2D eigenvalue weighted by molar-refractivity contribution is 7.10. The molecule has 1 heterocycles. The zero-order valence-electron chi connectivity index (χ0n) is 16.4. The number of hydrogen-bond donors (Lipinski definition) is 1. The van der Waals surface area contributed by atoms with Crippen LogP contribution in [0.15, 0.2) is 41.8 Å². The number of anilines is 1. The van der Waals surface area contributed by atoms with Gasteiger partial charge in [-0.25, -0.2) is 0 Å². The number of hydrogen-bond acceptors (Lipinski definition) is 4. The summed E-state index contributed by atoms with van der Waals surface area (Å²) in [5.74, 6) is -2.41. The van der Waals surface area contributed by atoms with Crippen molar-refractivity contribution in [3.8, 4) is 5.75 Å². The van der Waals surface area contributed by atoms with E-state index in [1.807, 2.05) is 0 Å². The number of carbonyl (C=O) groups is 2. The smallest absolute Gasteiger partial charge is 0.471 e. The fourth-order valence-electron chi connectivity index (χ4n) is 3.58. The van der Waals surface area contributed by atoms with Gasteiger partial charge in [-0.15, -0.1) is 11.3 Å². The first-order valence-electron chi connectivity index (χ1n) is 9.78. The summed E-state index contributed by atoms with van der Waals surface area (Å²) in [4.78, 5) is 26.5. The van der Waals surface area contributed by atoms with Crippen molar-refractivity contribution in [1.82, 2.24) is 5.32 Å². The monoisotopic (exact) mass is 440 g/mol. The SMILES string of the molecule is CCOc1cccc(N(C(=O)C(F)(F)F)C(C(=O)NC2CCCC2)c2cccs2)c1. The standard InChI is InChI=1S/C21H23F3N2O3S/c1-2-29-16-10-5-9-15(13-16)26(20(28)21(22,23)24)18(17-11-6-12-30-17)19(27)25-14-7-3-4-8-14/h5-6,9-14,18H,2-4,7-8H2,1H3,(H,25,27). The van der Waals surface area contributed by atoms with Gasteiger partial charge in [-0.05, 0) is 43.3 Å². The molecule has 1 aromatic heterocycles. The largest absolute Gasteiger partial charge is 0.494 e. The normalized spacial score (nSPS) is 15.6. The summed E-state index contributed by atoms with van der Waals surface area (Å²) in [7, 11) is 0. The van der Waals surface area contributed by atoms with E-state index in [1.54, 1.807) is 30.5 Å². The second-order valence-electron chi connectivity index (χ2n) is 7.01. The number of alkyl halides is 3. The maximum absolute atomic E-state index is 13.6. The van der Waals surface area contributed by atoms with E-state index in [2.05, 4.69) is 5.32 Å². The molecule has 1 aliphatic carbocycles. The zero-order valence-corrected chi connectivity index (χ0v) is 17.3. The molecule has 0 radical (unpaired) electrons. The molecule has 30 heavy (non-hydrogen) atoms. The Morgan fingerprint density at radius 1 is 1.23 bits per heavy atom. The van der Waals surface area contributed by atoms with Crippen molar-refractivity contribution in [3.63, 3.8) is 0 Å². The Balaban J connectivity index is 2.05. The van der Waals surface area contributed by atoms with Gasteiger partial charge in [0.2, 0.25) is 5.91 Å². The lowest BCUT2D eigenvalue weighted by Crippen LogP contribution is -2.50. The Morgan fingerprint density at radius 2 is 1.97 bits per heavy atom. The van der Waals surface area contributed by atoms with Gasteiger partial charge in [-0.2, -0.15) is 13.2 Å². The molecule has 1 saturated carbocycles. The van der Waals surface area contributed by atoms with Crippen molar-refractivity contribution in [2.75, 3.05) is 11.5 Å². The molecular weight excluding hydrogens is 417 g/mol. The van der Waals surface area contributed by atoms with Crippen LogP contribution in [0.2, 0.25) is 0 Å². The number of nitrogens with one attached hydrogen (secondary N) is 1. The number of nitrogens with zero attached hydrogens (tertiary/aromatic N) is 1. The van der Waals surface area contributed by atoms with Crippen LogP contribution in [-0.2, 0) is 9.59 Å². The maximum Gasteiger partial charge on any atom is 0.471 e. The molecule has 1 unspecified atom stereocenters. The second-order valence-corrected chi connectivity index (χ2v) is 7.99. The Labute approximate surface area is 176 Å². The first-order valence-corrected chi connectivity index (χ1v) is 10.7. The van der Waals surface area contributed by atoms with Gasteiger partial charge < -0.3 is 10.1 Å². The van der Waals surface area contributed by atoms with Gasteiger partial charge in [0.1, 0.15) is 5.75 Å². The lowest BCUT2D eigenvalue weighted by atomic mass is 10.1. The van der Waals surface area contributed by atoms with Gasteiger partial charge in [0.05, 0.1) is 6.61 Å². The summed E-state index contributed by atoms with van der Waals surface area (Å²) in [6.07, 6.45) is -1.69.